The molecule has 1 aromatic carbocycles. The van der Waals surface area contributed by atoms with Gasteiger partial charge in [-0.15, -0.1) is 11.3 Å². The van der Waals surface area contributed by atoms with Crippen LogP contribution < -0.4 is 4.90 Å². The summed E-state index contributed by atoms with van der Waals surface area (Å²) >= 11 is 1.49. The highest BCUT2D eigenvalue weighted by Gasteiger charge is 2.33. The van der Waals surface area contributed by atoms with E-state index in [1.54, 1.807) is 6.26 Å². The van der Waals surface area contributed by atoms with Crippen molar-refractivity contribution in [2.45, 2.75) is 26.3 Å². The molecule has 2 aromatic heterocycles. The first-order valence-electron chi connectivity index (χ1n) is 7.58. The Morgan fingerprint density at radius 3 is 2.91 bits per heavy atom. The number of para-hydroxylation sites is 1. The molecule has 0 radical (unpaired) electrons. The summed E-state index contributed by atoms with van der Waals surface area (Å²) in [5, 5.41) is 0.746. The molecule has 0 fully saturated rings. The summed E-state index contributed by atoms with van der Waals surface area (Å²) in [6, 6.07) is 11.9. The standard InChI is InChI=1S/C18H16N2O2S/c1-11-10-13-6-3-4-7-14(13)20(11)18(21)16-12(2)23-17(19-16)15-8-5-9-22-15/h3-9,11H,10H2,1-2H3. The van der Waals surface area contributed by atoms with Crippen LogP contribution in [-0.2, 0) is 6.42 Å². The fourth-order valence-corrected chi connectivity index (χ4v) is 3.96. The van der Waals surface area contributed by atoms with E-state index in [0.29, 0.717) is 11.5 Å². The van der Waals surface area contributed by atoms with Gasteiger partial charge < -0.3 is 9.32 Å². The lowest BCUT2D eigenvalue weighted by Gasteiger charge is -2.22. The summed E-state index contributed by atoms with van der Waals surface area (Å²) in [6.45, 7) is 4.01. The monoisotopic (exact) mass is 324 g/mol. The van der Waals surface area contributed by atoms with E-state index < -0.39 is 0 Å². The predicted octanol–water partition coefficient (Wildman–Crippen LogP) is 4.30. The summed E-state index contributed by atoms with van der Waals surface area (Å²) < 4.78 is 5.39. The Labute approximate surface area is 138 Å². The van der Waals surface area contributed by atoms with Crippen LogP contribution in [0.2, 0.25) is 0 Å². The molecule has 1 aliphatic heterocycles. The zero-order valence-electron chi connectivity index (χ0n) is 12.9. The number of aromatic nitrogens is 1. The summed E-state index contributed by atoms with van der Waals surface area (Å²) in [4.78, 5) is 20.4. The number of fused-ring (bicyclic) bond motifs is 1. The smallest absolute Gasteiger partial charge is 0.278 e. The van der Waals surface area contributed by atoms with E-state index >= 15 is 0 Å². The van der Waals surface area contributed by atoms with Crippen molar-refractivity contribution in [3.63, 3.8) is 0 Å². The minimum atomic E-state index is -0.0333. The SMILES string of the molecule is Cc1sc(-c2ccco2)nc1C(=O)N1c2ccccc2CC1C. The molecule has 3 aromatic rings. The Morgan fingerprint density at radius 2 is 2.13 bits per heavy atom. The van der Waals surface area contributed by atoms with E-state index in [1.807, 2.05) is 42.2 Å². The lowest BCUT2D eigenvalue weighted by atomic mass is 10.1. The van der Waals surface area contributed by atoms with E-state index in [4.69, 9.17) is 4.42 Å². The largest absolute Gasteiger partial charge is 0.462 e. The molecule has 4 nitrogen and oxygen atoms in total. The maximum Gasteiger partial charge on any atom is 0.278 e. The van der Waals surface area contributed by atoms with E-state index in [0.717, 1.165) is 22.0 Å². The molecule has 4 rings (SSSR count). The number of carbonyl (C=O) groups is 1. The van der Waals surface area contributed by atoms with Crippen molar-refractivity contribution < 1.29 is 9.21 Å². The third-order valence-corrected chi connectivity index (χ3v) is 5.14. The highest BCUT2D eigenvalue weighted by molar-refractivity contribution is 7.15. The molecule has 1 amide bonds. The first-order valence-corrected chi connectivity index (χ1v) is 8.39. The summed E-state index contributed by atoms with van der Waals surface area (Å²) in [7, 11) is 0. The molecule has 0 saturated carbocycles. The molecule has 0 aliphatic carbocycles. The maximum atomic E-state index is 13.1. The zero-order chi connectivity index (χ0) is 16.0. The highest BCUT2D eigenvalue weighted by Crippen LogP contribution is 2.35. The lowest BCUT2D eigenvalue weighted by molar-refractivity contribution is 0.0977. The third kappa shape index (κ3) is 2.28. The first kappa shape index (κ1) is 14.2. The van der Waals surface area contributed by atoms with Crippen molar-refractivity contribution in [3.05, 3.63) is 58.8 Å². The normalized spacial score (nSPS) is 16.6. The maximum absolute atomic E-state index is 13.1. The molecule has 1 atom stereocenters. The van der Waals surface area contributed by atoms with Gasteiger partial charge in [0.05, 0.1) is 6.26 Å². The minimum Gasteiger partial charge on any atom is -0.462 e. The van der Waals surface area contributed by atoms with Gasteiger partial charge in [0.1, 0.15) is 5.69 Å². The number of benzene rings is 1. The van der Waals surface area contributed by atoms with Gasteiger partial charge in [0, 0.05) is 16.6 Å². The quantitative estimate of drug-likeness (QED) is 0.706. The van der Waals surface area contributed by atoms with Crippen LogP contribution in [0.4, 0.5) is 5.69 Å². The average molecular weight is 324 g/mol. The molecule has 1 aliphatic rings. The number of thiazole rings is 1. The van der Waals surface area contributed by atoms with E-state index in [9.17, 15) is 4.79 Å². The van der Waals surface area contributed by atoms with Gasteiger partial charge in [-0.05, 0) is 44.0 Å². The molecular formula is C18H16N2O2S. The summed E-state index contributed by atoms with van der Waals surface area (Å²) in [5.74, 6) is 0.668. The number of rotatable bonds is 2. The second-order valence-electron chi connectivity index (χ2n) is 5.76. The molecule has 23 heavy (non-hydrogen) atoms. The predicted molar refractivity (Wildman–Crippen MR) is 91.0 cm³/mol. The van der Waals surface area contributed by atoms with Gasteiger partial charge in [0.2, 0.25) is 0 Å². The Morgan fingerprint density at radius 1 is 1.30 bits per heavy atom. The third-order valence-electron chi connectivity index (χ3n) is 4.16. The number of anilines is 1. The van der Waals surface area contributed by atoms with Gasteiger partial charge in [0.15, 0.2) is 10.8 Å². The molecule has 0 spiro atoms. The molecule has 5 heteroatoms. The van der Waals surface area contributed by atoms with Crippen molar-refractivity contribution in [2.24, 2.45) is 0 Å². The Hall–Kier alpha value is -2.40. The summed E-state index contributed by atoms with van der Waals surface area (Å²) in [5.41, 5.74) is 2.73. The highest BCUT2D eigenvalue weighted by atomic mass is 32.1. The van der Waals surface area contributed by atoms with Gasteiger partial charge in [-0.2, -0.15) is 0 Å². The van der Waals surface area contributed by atoms with Crippen LogP contribution in [0.1, 0.15) is 27.9 Å². The average Bonchev–Trinajstić information content (AvgIpc) is 3.23. The molecule has 116 valence electrons. The number of furan rings is 1. The molecule has 3 heterocycles. The number of nitrogens with zero attached hydrogens (tertiary/aromatic N) is 2. The Kier molecular flexibility index (Phi) is 3.31. The van der Waals surface area contributed by atoms with Crippen LogP contribution in [0.3, 0.4) is 0 Å². The van der Waals surface area contributed by atoms with E-state index in [1.165, 1.54) is 16.9 Å². The summed E-state index contributed by atoms with van der Waals surface area (Å²) in [6.07, 6.45) is 2.50. The fourth-order valence-electron chi connectivity index (χ4n) is 3.09. The van der Waals surface area contributed by atoms with Crippen molar-refractivity contribution in [2.75, 3.05) is 4.90 Å². The van der Waals surface area contributed by atoms with Gasteiger partial charge in [-0.3, -0.25) is 4.79 Å². The Balaban J connectivity index is 1.73. The van der Waals surface area contributed by atoms with Crippen LogP contribution in [0.25, 0.3) is 10.8 Å². The van der Waals surface area contributed by atoms with Crippen molar-refractivity contribution in [1.29, 1.82) is 0 Å². The van der Waals surface area contributed by atoms with Crippen LogP contribution in [0.15, 0.2) is 47.1 Å². The molecule has 0 saturated heterocycles. The number of hydrogen-bond donors (Lipinski definition) is 0. The van der Waals surface area contributed by atoms with Crippen molar-refractivity contribution in [3.8, 4) is 10.8 Å². The van der Waals surface area contributed by atoms with E-state index in [2.05, 4.69) is 18.0 Å². The van der Waals surface area contributed by atoms with Crippen LogP contribution >= 0.6 is 11.3 Å². The molecular weight excluding hydrogens is 308 g/mol. The van der Waals surface area contributed by atoms with Gasteiger partial charge in [-0.1, -0.05) is 18.2 Å². The first-order chi connectivity index (χ1) is 11.1. The van der Waals surface area contributed by atoms with Gasteiger partial charge in [0.25, 0.3) is 5.91 Å². The second-order valence-corrected chi connectivity index (χ2v) is 6.96. The number of hydrogen-bond acceptors (Lipinski definition) is 4. The minimum absolute atomic E-state index is 0.0333. The zero-order valence-corrected chi connectivity index (χ0v) is 13.8. The Bertz CT molecular complexity index is 867. The second kappa shape index (κ2) is 5.35. The fraction of sp³-hybridized carbons (Fsp3) is 0.222. The molecule has 1 unspecified atom stereocenters. The molecule has 0 bridgehead atoms. The van der Waals surface area contributed by atoms with Gasteiger partial charge in [-0.25, -0.2) is 4.98 Å². The van der Waals surface area contributed by atoms with Gasteiger partial charge >= 0.3 is 0 Å². The number of aryl methyl sites for hydroxylation is 1. The number of carbonyl (C=O) groups excluding carboxylic acids is 1. The van der Waals surface area contributed by atoms with Crippen molar-refractivity contribution >= 4 is 22.9 Å². The van der Waals surface area contributed by atoms with Crippen LogP contribution in [-0.4, -0.2) is 16.9 Å². The van der Waals surface area contributed by atoms with Crippen LogP contribution in [0.5, 0.6) is 0 Å². The van der Waals surface area contributed by atoms with Crippen molar-refractivity contribution in [1.82, 2.24) is 4.98 Å². The van der Waals surface area contributed by atoms with Crippen LogP contribution in [0, 0.1) is 6.92 Å². The lowest BCUT2D eigenvalue weighted by Crippen LogP contribution is -2.36. The molecule has 0 N–H and O–H groups in total. The van der Waals surface area contributed by atoms with E-state index in [-0.39, 0.29) is 11.9 Å². The topological polar surface area (TPSA) is 46.3 Å². The number of amides is 1.